The predicted octanol–water partition coefficient (Wildman–Crippen LogP) is 3.29. The zero-order valence-electron chi connectivity index (χ0n) is 13.0. The van der Waals surface area contributed by atoms with Crippen LogP contribution in [0.5, 0.6) is 0 Å². The third-order valence-corrected chi connectivity index (χ3v) is 6.25. The largest absolute Gasteiger partial charge is 0.342 e. The number of carbonyl (C=O) groups excluding carboxylic acids is 1. The van der Waals surface area contributed by atoms with Crippen LogP contribution in [0.4, 0.5) is 0 Å². The van der Waals surface area contributed by atoms with Gasteiger partial charge in [0.25, 0.3) is 0 Å². The van der Waals surface area contributed by atoms with Crippen LogP contribution in [0.1, 0.15) is 50.3 Å². The van der Waals surface area contributed by atoms with E-state index in [1.807, 2.05) is 49.1 Å². The van der Waals surface area contributed by atoms with Gasteiger partial charge in [-0.25, -0.2) is 0 Å². The Labute approximate surface area is 130 Å². The quantitative estimate of drug-likeness (QED) is 0.837. The van der Waals surface area contributed by atoms with Crippen LogP contribution in [0, 0.1) is 0 Å². The highest BCUT2D eigenvalue weighted by Gasteiger charge is 2.30. The van der Waals surface area contributed by atoms with E-state index in [9.17, 15) is 9.00 Å². The second kappa shape index (κ2) is 7.74. The van der Waals surface area contributed by atoms with Crippen molar-refractivity contribution < 1.29 is 9.00 Å². The van der Waals surface area contributed by atoms with E-state index in [1.54, 1.807) is 0 Å². The van der Waals surface area contributed by atoms with Gasteiger partial charge < -0.3 is 4.90 Å². The van der Waals surface area contributed by atoms with E-state index in [-0.39, 0.29) is 11.2 Å². The molecule has 1 aliphatic rings. The lowest BCUT2D eigenvalue weighted by Gasteiger charge is -2.30. The van der Waals surface area contributed by atoms with E-state index in [0.29, 0.717) is 0 Å². The van der Waals surface area contributed by atoms with Gasteiger partial charge in [0.1, 0.15) is 5.25 Å². The van der Waals surface area contributed by atoms with Crippen LogP contribution < -0.4 is 0 Å². The number of nitrogens with zero attached hydrogens (tertiary/aromatic N) is 1. The smallest absolute Gasteiger partial charge is 0.238 e. The van der Waals surface area contributed by atoms with Crippen LogP contribution in [-0.4, -0.2) is 33.4 Å². The maximum atomic E-state index is 12.8. The van der Waals surface area contributed by atoms with Crippen LogP contribution >= 0.6 is 0 Å². The van der Waals surface area contributed by atoms with Crippen molar-refractivity contribution in [1.29, 1.82) is 0 Å². The Morgan fingerprint density at radius 3 is 2.38 bits per heavy atom. The third-order valence-electron chi connectivity index (χ3n) is 4.19. The highest BCUT2D eigenvalue weighted by atomic mass is 32.2. The zero-order chi connectivity index (χ0) is 15.2. The Bertz CT molecular complexity index is 483. The SMILES string of the molecule is CC[C@H](c1ccccc1)[S@@](=O)[C@H](C)C(=O)N1CCCCC1. The summed E-state index contributed by atoms with van der Waals surface area (Å²) in [5.41, 5.74) is 1.07. The van der Waals surface area contributed by atoms with Gasteiger partial charge in [-0.2, -0.15) is 0 Å². The van der Waals surface area contributed by atoms with Crippen LogP contribution in [-0.2, 0) is 15.6 Å². The molecule has 1 heterocycles. The summed E-state index contributed by atoms with van der Waals surface area (Å²) in [5, 5.41) is -0.483. The monoisotopic (exact) mass is 307 g/mol. The molecule has 0 bridgehead atoms. The molecule has 0 aliphatic carbocycles. The van der Waals surface area contributed by atoms with Crippen molar-refractivity contribution in [1.82, 2.24) is 4.90 Å². The lowest BCUT2D eigenvalue weighted by Crippen LogP contribution is -2.43. The Balaban J connectivity index is 2.08. The first-order valence-electron chi connectivity index (χ1n) is 7.88. The standard InChI is InChI=1S/C17H25NO2S/c1-3-16(15-10-6-4-7-11-15)21(20)14(2)17(19)18-12-8-5-9-13-18/h4,6-7,10-11,14,16H,3,5,8-9,12-13H2,1-2H3/t14-,16-,21+/m1/s1. The number of piperidine rings is 1. The van der Waals surface area contributed by atoms with Crippen molar-refractivity contribution in [2.75, 3.05) is 13.1 Å². The number of likely N-dealkylation sites (tertiary alicyclic amines) is 1. The molecule has 1 fully saturated rings. The fourth-order valence-electron chi connectivity index (χ4n) is 2.92. The van der Waals surface area contributed by atoms with E-state index in [2.05, 4.69) is 0 Å². The van der Waals surface area contributed by atoms with Crippen molar-refractivity contribution in [3.63, 3.8) is 0 Å². The molecular formula is C17H25NO2S. The van der Waals surface area contributed by atoms with Gasteiger partial charge in [-0.15, -0.1) is 0 Å². The Kier molecular flexibility index (Phi) is 5.97. The zero-order valence-corrected chi connectivity index (χ0v) is 13.8. The molecule has 0 unspecified atom stereocenters. The van der Waals surface area contributed by atoms with Gasteiger partial charge in [0.15, 0.2) is 0 Å². The van der Waals surface area contributed by atoms with Gasteiger partial charge >= 0.3 is 0 Å². The molecule has 3 nitrogen and oxygen atoms in total. The summed E-state index contributed by atoms with van der Waals surface area (Å²) in [6, 6.07) is 9.90. The molecule has 3 atom stereocenters. The maximum absolute atomic E-state index is 12.8. The molecule has 0 saturated carbocycles. The van der Waals surface area contributed by atoms with Gasteiger partial charge in [0, 0.05) is 23.9 Å². The lowest BCUT2D eigenvalue weighted by atomic mass is 10.1. The van der Waals surface area contributed by atoms with Crippen molar-refractivity contribution in [3.8, 4) is 0 Å². The second-order valence-electron chi connectivity index (χ2n) is 5.66. The molecule has 1 saturated heterocycles. The molecule has 116 valence electrons. The minimum Gasteiger partial charge on any atom is -0.342 e. The summed E-state index contributed by atoms with van der Waals surface area (Å²) in [6.45, 7) is 5.50. The first-order chi connectivity index (χ1) is 10.1. The highest BCUT2D eigenvalue weighted by molar-refractivity contribution is 7.86. The molecule has 2 rings (SSSR count). The minimum atomic E-state index is -1.18. The summed E-state index contributed by atoms with van der Waals surface area (Å²) in [6.07, 6.45) is 4.12. The number of hydrogen-bond acceptors (Lipinski definition) is 2. The molecule has 1 aliphatic heterocycles. The summed E-state index contributed by atoms with van der Waals surface area (Å²) < 4.78 is 12.8. The molecule has 0 radical (unpaired) electrons. The summed E-state index contributed by atoms with van der Waals surface area (Å²) >= 11 is 0. The van der Waals surface area contributed by atoms with Crippen LogP contribution in [0.3, 0.4) is 0 Å². The second-order valence-corrected chi connectivity index (χ2v) is 7.60. The molecule has 1 amide bonds. The average Bonchev–Trinajstić information content (AvgIpc) is 2.56. The van der Waals surface area contributed by atoms with Crippen LogP contribution in [0.15, 0.2) is 30.3 Å². The van der Waals surface area contributed by atoms with E-state index in [0.717, 1.165) is 37.9 Å². The Morgan fingerprint density at radius 2 is 1.81 bits per heavy atom. The third kappa shape index (κ3) is 3.94. The fraction of sp³-hybridized carbons (Fsp3) is 0.588. The number of hydrogen-bond donors (Lipinski definition) is 0. The van der Waals surface area contributed by atoms with Gasteiger partial charge in [-0.05, 0) is 38.2 Å². The molecule has 1 aromatic carbocycles. The van der Waals surface area contributed by atoms with Gasteiger partial charge in [0.2, 0.25) is 5.91 Å². The molecule has 21 heavy (non-hydrogen) atoms. The van der Waals surface area contributed by atoms with E-state index in [4.69, 9.17) is 0 Å². The number of benzene rings is 1. The lowest BCUT2D eigenvalue weighted by molar-refractivity contribution is -0.131. The van der Waals surface area contributed by atoms with Crippen LogP contribution in [0.25, 0.3) is 0 Å². The van der Waals surface area contributed by atoms with E-state index in [1.165, 1.54) is 6.42 Å². The Hall–Kier alpha value is -1.16. The molecule has 1 aromatic rings. The molecule has 0 spiro atoms. The Morgan fingerprint density at radius 1 is 1.19 bits per heavy atom. The highest BCUT2D eigenvalue weighted by Crippen LogP contribution is 2.27. The van der Waals surface area contributed by atoms with Crippen molar-refractivity contribution in [3.05, 3.63) is 35.9 Å². The van der Waals surface area contributed by atoms with Crippen molar-refractivity contribution in [2.24, 2.45) is 0 Å². The molecule has 0 N–H and O–H groups in total. The predicted molar refractivity (Wildman–Crippen MR) is 87.5 cm³/mol. The first kappa shape index (κ1) is 16.2. The molecular weight excluding hydrogens is 282 g/mol. The van der Waals surface area contributed by atoms with Gasteiger partial charge in [-0.3, -0.25) is 9.00 Å². The number of carbonyl (C=O) groups is 1. The van der Waals surface area contributed by atoms with Gasteiger partial charge in [0.05, 0.1) is 5.25 Å². The topological polar surface area (TPSA) is 37.4 Å². The summed E-state index contributed by atoms with van der Waals surface area (Å²) in [4.78, 5) is 14.4. The molecule has 4 heteroatoms. The molecule has 0 aromatic heterocycles. The van der Waals surface area contributed by atoms with Crippen molar-refractivity contribution in [2.45, 2.75) is 50.0 Å². The van der Waals surface area contributed by atoms with E-state index < -0.39 is 16.0 Å². The van der Waals surface area contributed by atoms with Crippen molar-refractivity contribution >= 4 is 16.7 Å². The maximum Gasteiger partial charge on any atom is 0.238 e. The summed E-state index contributed by atoms with van der Waals surface area (Å²) in [5.74, 6) is 0.0578. The number of rotatable bonds is 5. The minimum absolute atomic E-state index is 0.0578. The normalized spacial score (nSPS) is 19.8. The fourth-order valence-corrected chi connectivity index (χ4v) is 4.51. The van der Waals surface area contributed by atoms with E-state index >= 15 is 0 Å². The summed E-state index contributed by atoms with van der Waals surface area (Å²) in [7, 11) is -1.18. The average molecular weight is 307 g/mol. The van der Waals surface area contributed by atoms with Gasteiger partial charge in [-0.1, -0.05) is 37.3 Å². The van der Waals surface area contributed by atoms with Crippen LogP contribution in [0.2, 0.25) is 0 Å². The first-order valence-corrected chi connectivity index (χ1v) is 9.16. The number of amides is 1.